The van der Waals surface area contributed by atoms with E-state index < -0.39 is 0 Å². The maximum Gasteiger partial charge on any atom is 0.222 e. The van der Waals surface area contributed by atoms with E-state index in [9.17, 15) is 4.79 Å². The topological polar surface area (TPSA) is 84.7 Å². The van der Waals surface area contributed by atoms with E-state index in [1.54, 1.807) is 18.6 Å². The number of carbonyl (C=O) groups is 1. The third-order valence-corrected chi connectivity index (χ3v) is 4.08. The summed E-state index contributed by atoms with van der Waals surface area (Å²) in [5.41, 5.74) is 0.990. The van der Waals surface area contributed by atoms with Crippen LogP contribution in [0.15, 0.2) is 29.3 Å². The van der Waals surface area contributed by atoms with Crippen LogP contribution < -0.4 is 10.6 Å². The van der Waals surface area contributed by atoms with Gasteiger partial charge in [0.2, 0.25) is 11.9 Å². The molecule has 0 radical (unpaired) electrons. The largest absolute Gasteiger partial charge is 0.349 e. The molecule has 1 aliphatic heterocycles. The highest BCUT2D eigenvalue weighted by molar-refractivity contribution is 9.10. The van der Waals surface area contributed by atoms with Crippen molar-refractivity contribution in [2.45, 2.75) is 38.4 Å². The molecule has 0 aliphatic carbocycles. The van der Waals surface area contributed by atoms with Crippen molar-refractivity contribution in [1.29, 1.82) is 0 Å². The molecule has 22 heavy (non-hydrogen) atoms. The van der Waals surface area contributed by atoms with Crippen molar-refractivity contribution in [3.8, 4) is 0 Å². The van der Waals surface area contributed by atoms with Crippen LogP contribution in [0.3, 0.4) is 0 Å². The summed E-state index contributed by atoms with van der Waals surface area (Å²) in [5, 5.41) is 10.6. The van der Waals surface area contributed by atoms with Crippen molar-refractivity contribution in [1.82, 2.24) is 25.1 Å². The number of rotatable bonds is 4. The fourth-order valence-electron chi connectivity index (χ4n) is 2.54. The fourth-order valence-corrected chi connectivity index (χ4v) is 2.74. The predicted octanol–water partition coefficient (Wildman–Crippen LogP) is 1.89. The van der Waals surface area contributed by atoms with Crippen molar-refractivity contribution in [2.24, 2.45) is 0 Å². The molecule has 0 unspecified atom stereocenters. The smallest absolute Gasteiger partial charge is 0.222 e. The molecule has 0 bridgehead atoms. The van der Waals surface area contributed by atoms with Gasteiger partial charge in [-0.05, 0) is 29.3 Å². The maximum absolute atomic E-state index is 11.8. The molecule has 1 saturated heterocycles. The molecule has 2 N–H and O–H groups in total. The minimum Gasteiger partial charge on any atom is -0.349 e. The molecule has 0 aromatic carbocycles. The predicted molar refractivity (Wildman–Crippen MR) is 85.2 cm³/mol. The van der Waals surface area contributed by atoms with E-state index in [0.29, 0.717) is 12.4 Å². The standard InChI is InChI=1S/C14H17BrN6O/c1-2-21-8-9(5-18-21)13-11(3-4-12(22)20-13)19-14-16-6-10(15)7-17-14/h5-8,11,13H,2-4H2,1H3,(H,20,22)(H,16,17,19)/t11-,13+/m1/s1. The number of hydrogen-bond acceptors (Lipinski definition) is 5. The molecule has 1 amide bonds. The Bertz CT molecular complexity index is 656. The van der Waals surface area contributed by atoms with Gasteiger partial charge in [-0.1, -0.05) is 0 Å². The molecule has 2 aromatic heterocycles. The van der Waals surface area contributed by atoms with Gasteiger partial charge < -0.3 is 10.6 Å². The molecule has 0 spiro atoms. The molecule has 116 valence electrons. The number of nitrogens with one attached hydrogen (secondary N) is 2. The van der Waals surface area contributed by atoms with Crippen LogP contribution in [-0.2, 0) is 11.3 Å². The number of halogens is 1. The van der Waals surface area contributed by atoms with Crippen LogP contribution in [0.25, 0.3) is 0 Å². The Morgan fingerprint density at radius 2 is 2.18 bits per heavy atom. The summed E-state index contributed by atoms with van der Waals surface area (Å²) >= 11 is 3.32. The van der Waals surface area contributed by atoms with E-state index in [0.717, 1.165) is 23.0 Å². The molecule has 1 aliphatic rings. The average molecular weight is 365 g/mol. The molecule has 7 nitrogen and oxygen atoms in total. The first-order valence-corrected chi connectivity index (χ1v) is 8.01. The van der Waals surface area contributed by atoms with Crippen molar-refractivity contribution < 1.29 is 4.79 Å². The summed E-state index contributed by atoms with van der Waals surface area (Å²) < 4.78 is 2.68. The Labute approximate surface area is 136 Å². The maximum atomic E-state index is 11.8. The lowest BCUT2D eigenvalue weighted by molar-refractivity contribution is -0.123. The monoisotopic (exact) mass is 364 g/mol. The Morgan fingerprint density at radius 3 is 2.86 bits per heavy atom. The lowest BCUT2D eigenvalue weighted by atomic mass is 9.94. The number of aryl methyl sites for hydroxylation is 1. The fraction of sp³-hybridized carbons (Fsp3) is 0.429. The Balaban J connectivity index is 1.80. The quantitative estimate of drug-likeness (QED) is 0.865. The van der Waals surface area contributed by atoms with Crippen molar-refractivity contribution in [3.63, 3.8) is 0 Å². The molecule has 3 rings (SSSR count). The number of carbonyl (C=O) groups excluding carboxylic acids is 1. The van der Waals surface area contributed by atoms with Crippen LogP contribution in [0.2, 0.25) is 0 Å². The number of anilines is 1. The normalized spacial score (nSPS) is 21.5. The zero-order valence-electron chi connectivity index (χ0n) is 12.2. The zero-order valence-corrected chi connectivity index (χ0v) is 13.7. The van der Waals surface area contributed by atoms with Gasteiger partial charge in [-0.2, -0.15) is 5.10 Å². The average Bonchev–Trinajstić information content (AvgIpc) is 3.00. The molecule has 8 heteroatoms. The summed E-state index contributed by atoms with van der Waals surface area (Å²) in [4.78, 5) is 20.2. The minimum atomic E-state index is -0.131. The molecule has 2 atom stereocenters. The first-order chi connectivity index (χ1) is 10.7. The third-order valence-electron chi connectivity index (χ3n) is 3.67. The van der Waals surface area contributed by atoms with Crippen molar-refractivity contribution in [2.75, 3.05) is 5.32 Å². The van der Waals surface area contributed by atoms with Gasteiger partial charge in [0, 0.05) is 37.1 Å². The summed E-state index contributed by atoms with van der Waals surface area (Å²) in [6.45, 7) is 2.83. The van der Waals surface area contributed by atoms with E-state index >= 15 is 0 Å². The van der Waals surface area contributed by atoms with Crippen LogP contribution in [0.4, 0.5) is 5.95 Å². The molecular weight excluding hydrogens is 348 g/mol. The van der Waals surface area contributed by atoms with E-state index in [1.807, 2.05) is 17.8 Å². The summed E-state index contributed by atoms with van der Waals surface area (Å²) in [6.07, 6.45) is 8.38. The van der Waals surface area contributed by atoms with E-state index in [1.165, 1.54) is 0 Å². The first-order valence-electron chi connectivity index (χ1n) is 7.21. The van der Waals surface area contributed by atoms with Crippen molar-refractivity contribution >= 4 is 27.8 Å². The highest BCUT2D eigenvalue weighted by atomic mass is 79.9. The van der Waals surface area contributed by atoms with Crippen LogP contribution >= 0.6 is 15.9 Å². The summed E-state index contributed by atoms with van der Waals surface area (Å²) in [5.74, 6) is 0.612. The second-order valence-electron chi connectivity index (χ2n) is 5.19. The van der Waals surface area contributed by atoms with Gasteiger partial charge in [0.25, 0.3) is 0 Å². The minimum absolute atomic E-state index is 0.0355. The first kappa shape index (κ1) is 15.0. The highest BCUT2D eigenvalue weighted by Gasteiger charge is 2.31. The summed E-state index contributed by atoms with van der Waals surface area (Å²) in [7, 11) is 0. The molecular formula is C14H17BrN6O. The number of nitrogens with zero attached hydrogens (tertiary/aromatic N) is 4. The Kier molecular flexibility index (Phi) is 4.37. The second-order valence-corrected chi connectivity index (χ2v) is 6.10. The van der Waals surface area contributed by atoms with Gasteiger partial charge in [-0.25, -0.2) is 9.97 Å². The van der Waals surface area contributed by atoms with Gasteiger partial charge in [0.15, 0.2) is 0 Å². The number of aromatic nitrogens is 4. The van der Waals surface area contributed by atoms with Gasteiger partial charge in [-0.15, -0.1) is 0 Å². The van der Waals surface area contributed by atoms with Gasteiger partial charge in [0.05, 0.1) is 22.8 Å². The lowest BCUT2D eigenvalue weighted by Gasteiger charge is -2.32. The molecule has 0 saturated carbocycles. The SMILES string of the molecule is CCn1cc([C@@H]2NC(=O)CC[C@H]2Nc2ncc(Br)cn2)cn1. The Morgan fingerprint density at radius 1 is 1.41 bits per heavy atom. The van der Waals surface area contributed by atoms with E-state index in [2.05, 4.69) is 41.6 Å². The van der Waals surface area contributed by atoms with Gasteiger partial charge in [0.1, 0.15) is 0 Å². The summed E-state index contributed by atoms with van der Waals surface area (Å²) in [6, 6.07) is -0.0952. The highest BCUT2D eigenvalue weighted by Crippen LogP contribution is 2.26. The van der Waals surface area contributed by atoms with Crippen LogP contribution in [0.1, 0.15) is 31.4 Å². The van der Waals surface area contributed by atoms with Crippen molar-refractivity contribution in [3.05, 3.63) is 34.8 Å². The molecule has 1 fully saturated rings. The third kappa shape index (κ3) is 3.27. The van der Waals surface area contributed by atoms with Crippen LogP contribution in [0.5, 0.6) is 0 Å². The van der Waals surface area contributed by atoms with Gasteiger partial charge >= 0.3 is 0 Å². The number of hydrogen-bond donors (Lipinski definition) is 2. The lowest BCUT2D eigenvalue weighted by Crippen LogP contribution is -2.45. The van der Waals surface area contributed by atoms with Gasteiger partial charge in [-0.3, -0.25) is 9.48 Å². The molecule has 3 heterocycles. The van der Waals surface area contributed by atoms with Crippen LogP contribution in [0, 0.1) is 0 Å². The second kappa shape index (κ2) is 6.43. The molecule has 2 aromatic rings. The Hall–Kier alpha value is -1.96. The van der Waals surface area contributed by atoms with E-state index in [4.69, 9.17) is 0 Å². The number of amides is 1. The zero-order chi connectivity index (χ0) is 15.5. The van der Waals surface area contributed by atoms with E-state index in [-0.39, 0.29) is 18.0 Å². The number of piperidine rings is 1. The van der Waals surface area contributed by atoms with Crippen LogP contribution in [-0.4, -0.2) is 31.7 Å².